The Labute approximate surface area is 125 Å². The number of hydrogen-bond donors (Lipinski definition) is 0. The first-order chi connectivity index (χ1) is 9.91. The first-order valence-corrected chi connectivity index (χ1v) is 7.50. The zero-order valence-corrected chi connectivity index (χ0v) is 13.5. The van der Waals surface area contributed by atoms with Gasteiger partial charge in [-0.1, -0.05) is 0 Å². The molecule has 0 heterocycles. The fraction of sp³-hybridized carbons (Fsp3) is 0.900. The Balaban J connectivity index is 5.20. The Kier molecular flexibility index (Phi) is 8.52. The molecule has 132 valence electrons. The van der Waals surface area contributed by atoms with Crippen LogP contribution in [0.3, 0.4) is 0 Å². The van der Waals surface area contributed by atoms with E-state index in [1.54, 1.807) is 0 Å². The van der Waals surface area contributed by atoms with Gasteiger partial charge in [-0.25, -0.2) is 19.1 Å². The molecule has 0 aromatic rings. The molecule has 0 saturated heterocycles. The van der Waals surface area contributed by atoms with E-state index < -0.39 is 38.3 Å². The van der Waals surface area contributed by atoms with E-state index in [-0.39, 0.29) is 0 Å². The highest BCUT2D eigenvalue weighted by Gasteiger charge is 2.53. The summed E-state index contributed by atoms with van der Waals surface area (Å²) < 4.78 is 66.8. The molecular formula is C10H18F3O8P. The molecule has 8 nitrogen and oxygen atoms in total. The summed E-state index contributed by atoms with van der Waals surface area (Å²) in [7, 11) is -4.31. The molecule has 0 aliphatic rings. The van der Waals surface area contributed by atoms with Gasteiger partial charge in [0, 0.05) is 0 Å². The summed E-state index contributed by atoms with van der Waals surface area (Å²) in [6.07, 6.45) is -9.77. The molecule has 12 heteroatoms. The maximum absolute atomic E-state index is 12.7. The molecule has 0 aromatic carbocycles. The average molecular weight is 354 g/mol. The zero-order valence-electron chi connectivity index (χ0n) is 12.6. The molecule has 1 atom stereocenters. The van der Waals surface area contributed by atoms with Gasteiger partial charge in [-0.15, -0.1) is 9.35 Å². The van der Waals surface area contributed by atoms with Crippen molar-refractivity contribution in [2.75, 3.05) is 7.11 Å². The molecule has 0 spiro atoms. The molecule has 0 radical (unpaired) electrons. The van der Waals surface area contributed by atoms with Crippen LogP contribution in [0.2, 0.25) is 0 Å². The highest BCUT2D eigenvalue weighted by molar-refractivity contribution is 7.48. The first kappa shape index (κ1) is 21.3. The lowest BCUT2D eigenvalue weighted by Crippen LogP contribution is -2.39. The average Bonchev–Trinajstić information content (AvgIpc) is 2.38. The number of phosphoric acid groups is 1. The molecule has 0 rings (SSSR count). The van der Waals surface area contributed by atoms with Crippen LogP contribution in [0.1, 0.15) is 27.7 Å². The van der Waals surface area contributed by atoms with Crippen LogP contribution in [0.4, 0.5) is 13.2 Å². The van der Waals surface area contributed by atoms with Gasteiger partial charge in [0.15, 0.2) is 0 Å². The summed E-state index contributed by atoms with van der Waals surface area (Å²) in [5, 5.41) is 0. The maximum atomic E-state index is 12.7. The van der Waals surface area contributed by atoms with Crippen molar-refractivity contribution in [1.29, 1.82) is 0 Å². The molecule has 0 aromatic heterocycles. The van der Waals surface area contributed by atoms with Crippen molar-refractivity contribution in [3.05, 3.63) is 0 Å². The van der Waals surface area contributed by atoms with E-state index in [1.807, 2.05) is 0 Å². The van der Waals surface area contributed by atoms with Gasteiger partial charge >= 0.3 is 20.0 Å². The van der Waals surface area contributed by atoms with Crippen LogP contribution in [0, 0.1) is 0 Å². The van der Waals surface area contributed by atoms with E-state index in [0.717, 1.165) is 0 Å². The highest BCUT2D eigenvalue weighted by atomic mass is 31.2. The molecule has 0 amide bonds. The second-order valence-corrected chi connectivity index (χ2v) is 5.84. The Morgan fingerprint density at radius 2 is 1.41 bits per heavy atom. The lowest BCUT2D eigenvalue weighted by Gasteiger charge is -2.23. The van der Waals surface area contributed by atoms with E-state index in [9.17, 15) is 22.5 Å². The van der Waals surface area contributed by atoms with Gasteiger partial charge in [-0.3, -0.25) is 4.52 Å². The van der Waals surface area contributed by atoms with Crippen LogP contribution in [-0.2, 0) is 37.7 Å². The number of ether oxygens (including phenoxy) is 1. The summed E-state index contributed by atoms with van der Waals surface area (Å²) in [6, 6.07) is 0. The Morgan fingerprint density at radius 3 is 1.68 bits per heavy atom. The monoisotopic (exact) mass is 354 g/mol. The first-order valence-electron chi connectivity index (χ1n) is 6.04. The molecule has 1 unspecified atom stereocenters. The number of hydrogen-bond acceptors (Lipinski definition) is 8. The van der Waals surface area contributed by atoms with Crippen molar-refractivity contribution >= 4 is 13.8 Å². The van der Waals surface area contributed by atoms with E-state index in [4.69, 9.17) is 0 Å². The predicted molar refractivity (Wildman–Crippen MR) is 65.2 cm³/mol. The lowest BCUT2D eigenvalue weighted by atomic mass is 10.3. The number of alkyl halides is 3. The van der Waals surface area contributed by atoms with E-state index in [2.05, 4.69) is 28.4 Å². The number of rotatable bonds is 9. The van der Waals surface area contributed by atoms with Gasteiger partial charge in [-0.2, -0.15) is 13.2 Å². The summed E-state index contributed by atoms with van der Waals surface area (Å²) in [5.41, 5.74) is 0. The van der Waals surface area contributed by atoms with E-state index in [0.29, 0.717) is 7.11 Å². The van der Waals surface area contributed by atoms with Gasteiger partial charge < -0.3 is 4.74 Å². The smallest absolute Gasteiger partial charge is 0.467 e. The quantitative estimate of drug-likeness (QED) is 0.270. The Morgan fingerprint density at radius 1 is 1.00 bits per heavy atom. The van der Waals surface area contributed by atoms with Crippen LogP contribution in [-0.4, -0.2) is 37.6 Å². The van der Waals surface area contributed by atoms with Crippen molar-refractivity contribution < 1.29 is 50.9 Å². The lowest BCUT2D eigenvalue weighted by molar-refractivity contribution is -0.312. The molecule has 0 N–H and O–H groups in total. The second-order valence-electron chi connectivity index (χ2n) is 4.44. The number of methoxy groups -OCH3 is 1. The highest BCUT2D eigenvalue weighted by Crippen LogP contribution is 2.53. The normalized spacial score (nSPS) is 14.5. The molecule has 0 bridgehead atoms. The van der Waals surface area contributed by atoms with Crippen LogP contribution in [0.15, 0.2) is 0 Å². The van der Waals surface area contributed by atoms with E-state index in [1.165, 1.54) is 27.7 Å². The SMILES string of the molecule is COC(=O)C(OP(=O)(OOC(C)C)OOC(C)C)C(F)(F)F. The van der Waals surface area contributed by atoms with Crippen molar-refractivity contribution in [3.8, 4) is 0 Å². The largest absolute Gasteiger partial charge is 0.530 e. The standard InChI is InChI=1S/C10H18F3O8P/c1-6(2)17-20-22(15,21-18-7(3)4)19-8(9(14)16-5)10(11,12)13/h6-8H,1-5H3. The number of carbonyl (C=O) groups excluding carboxylic acids is 1. The third kappa shape index (κ3) is 8.06. The minimum Gasteiger partial charge on any atom is -0.467 e. The molecule has 0 fully saturated rings. The van der Waals surface area contributed by atoms with Gasteiger partial charge in [0.1, 0.15) is 0 Å². The van der Waals surface area contributed by atoms with Crippen molar-refractivity contribution in [1.82, 2.24) is 0 Å². The van der Waals surface area contributed by atoms with E-state index >= 15 is 0 Å². The summed E-state index contributed by atoms with van der Waals surface area (Å²) >= 11 is 0. The van der Waals surface area contributed by atoms with Gasteiger partial charge in [0.05, 0.1) is 19.3 Å². The Hall–Kier alpha value is -0.710. The molecule has 0 aliphatic heterocycles. The summed E-state index contributed by atoms with van der Waals surface area (Å²) in [4.78, 5) is 20.0. The number of esters is 1. The van der Waals surface area contributed by atoms with Crippen LogP contribution in [0.5, 0.6) is 0 Å². The molecular weight excluding hydrogens is 336 g/mol. The topological polar surface area (TPSA) is 89.5 Å². The van der Waals surface area contributed by atoms with Crippen LogP contribution >= 0.6 is 7.82 Å². The molecule has 22 heavy (non-hydrogen) atoms. The third-order valence-corrected chi connectivity index (χ3v) is 2.61. The summed E-state index contributed by atoms with van der Waals surface area (Å²) in [5.74, 6) is -1.84. The van der Waals surface area contributed by atoms with Crippen LogP contribution < -0.4 is 0 Å². The van der Waals surface area contributed by atoms with Crippen LogP contribution in [0.25, 0.3) is 0 Å². The maximum Gasteiger partial charge on any atom is 0.530 e. The van der Waals surface area contributed by atoms with Gasteiger partial charge in [-0.05, 0) is 27.7 Å². The Bertz CT molecular complexity index is 382. The fourth-order valence-electron chi connectivity index (χ4n) is 0.798. The minimum atomic E-state index is -5.22. The molecule has 0 saturated carbocycles. The van der Waals surface area contributed by atoms with Crippen molar-refractivity contribution in [2.45, 2.75) is 52.2 Å². The second kappa shape index (κ2) is 8.80. The minimum absolute atomic E-state index is 0.679. The number of carbonyl (C=O) groups is 1. The fourth-order valence-corrected chi connectivity index (χ4v) is 1.91. The van der Waals surface area contributed by atoms with Gasteiger partial charge in [0.25, 0.3) is 6.10 Å². The summed E-state index contributed by atoms with van der Waals surface area (Å²) in [6.45, 7) is 5.76. The predicted octanol–water partition coefficient (Wildman–Crippen LogP) is 2.93. The van der Waals surface area contributed by atoms with Crippen molar-refractivity contribution in [2.24, 2.45) is 0 Å². The van der Waals surface area contributed by atoms with Crippen molar-refractivity contribution in [3.63, 3.8) is 0 Å². The zero-order chi connectivity index (χ0) is 17.6. The van der Waals surface area contributed by atoms with Gasteiger partial charge in [0.2, 0.25) is 0 Å². The number of halogens is 3. The third-order valence-electron chi connectivity index (χ3n) is 1.60. The molecule has 0 aliphatic carbocycles.